The Morgan fingerprint density at radius 3 is 2.42 bits per heavy atom. The third-order valence-corrected chi connectivity index (χ3v) is 4.50. The number of para-hydroxylation sites is 2. The van der Waals surface area contributed by atoms with Gasteiger partial charge in [-0.1, -0.05) is 42.5 Å². The Morgan fingerprint density at radius 2 is 1.63 bits per heavy atom. The summed E-state index contributed by atoms with van der Waals surface area (Å²) in [4.78, 5) is 4.11. The Labute approximate surface area is 111 Å². The Kier molecular flexibility index (Phi) is 2.83. The smallest absolute Gasteiger partial charge is 0.236 e. The monoisotopic (exact) mass is 272 g/mol. The zero-order valence-electron chi connectivity index (χ0n) is 10.1. The highest BCUT2D eigenvalue weighted by atomic mass is 32.2. The normalized spacial score (nSPS) is 11.8. The third kappa shape index (κ3) is 2.24. The van der Waals surface area contributed by atoms with E-state index in [1.54, 1.807) is 30.3 Å². The van der Waals surface area contributed by atoms with Crippen molar-refractivity contribution in [1.29, 1.82) is 0 Å². The number of imidazole rings is 1. The van der Waals surface area contributed by atoms with E-state index >= 15 is 0 Å². The molecule has 96 valence electrons. The van der Waals surface area contributed by atoms with Crippen molar-refractivity contribution in [2.24, 2.45) is 0 Å². The quantitative estimate of drug-likeness (QED) is 0.735. The van der Waals surface area contributed by atoms with E-state index in [-0.39, 0.29) is 5.75 Å². The number of hydrogen-bond acceptors (Lipinski definition) is 3. The molecule has 3 rings (SSSR count). The number of aromatic nitrogens is 2. The number of rotatable bonds is 3. The van der Waals surface area contributed by atoms with Gasteiger partial charge in [-0.25, -0.2) is 17.4 Å². The van der Waals surface area contributed by atoms with E-state index in [4.69, 9.17) is 0 Å². The van der Waals surface area contributed by atoms with Crippen molar-refractivity contribution in [2.45, 2.75) is 5.75 Å². The van der Waals surface area contributed by atoms with Crippen LogP contribution in [0, 0.1) is 0 Å². The molecule has 2 aromatic carbocycles. The minimum absolute atomic E-state index is 0.0335. The summed E-state index contributed by atoms with van der Waals surface area (Å²) in [6.45, 7) is 0. The maximum atomic E-state index is 12.4. The molecule has 0 N–H and O–H groups in total. The first-order chi connectivity index (χ1) is 9.17. The summed E-state index contributed by atoms with van der Waals surface area (Å²) in [5.41, 5.74) is 2.05. The van der Waals surface area contributed by atoms with Crippen LogP contribution in [0.2, 0.25) is 0 Å². The molecule has 0 aliphatic carbocycles. The Bertz CT molecular complexity index is 808. The van der Waals surface area contributed by atoms with Crippen molar-refractivity contribution < 1.29 is 8.42 Å². The molecule has 0 saturated heterocycles. The molecule has 0 amide bonds. The second-order valence-electron chi connectivity index (χ2n) is 4.27. The van der Waals surface area contributed by atoms with E-state index < -0.39 is 10.0 Å². The lowest BCUT2D eigenvalue weighted by molar-refractivity contribution is 0.588. The van der Waals surface area contributed by atoms with E-state index in [1.165, 1.54) is 10.3 Å². The summed E-state index contributed by atoms with van der Waals surface area (Å²) in [7, 11) is -3.44. The third-order valence-electron chi connectivity index (χ3n) is 2.91. The summed E-state index contributed by atoms with van der Waals surface area (Å²) in [5, 5.41) is 0. The predicted octanol–water partition coefficient (Wildman–Crippen LogP) is 2.41. The first-order valence-electron chi connectivity index (χ1n) is 5.86. The van der Waals surface area contributed by atoms with Gasteiger partial charge in [-0.05, 0) is 17.7 Å². The Morgan fingerprint density at radius 1 is 0.947 bits per heavy atom. The van der Waals surface area contributed by atoms with Gasteiger partial charge in [0.1, 0.15) is 6.33 Å². The molecule has 5 heteroatoms. The van der Waals surface area contributed by atoms with Crippen LogP contribution in [0.1, 0.15) is 5.56 Å². The van der Waals surface area contributed by atoms with Gasteiger partial charge in [0, 0.05) is 0 Å². The highest BCUT2D eigenvalue weighted by Crippen LogP contribution is 2.17. The molecule has 0 radical (unpaired) electrons. The molecule has 0 fully saturated rings. The molecule has 0 saturated carbocycles. The van der Waals surface area contributed by atoms with Crippen molar-refractivity contribution in [1.82, 2.24) is 8.96 Å². The predicted molar refractivity (Wildman–Crippen MR) is 74.2 cm³/mol. The molecule has 4 nitrogen and oxygen atoms in total. The minimum atomic E-state index is -3.44. The molecular formula is C14H12N2O2S. The summed E-state index contributed by atoms with van der Waals surface area (Å²) in [6, 6.07) is 16.3. The van der Waals surface area contributed by atoms with E-state index in [0.29, 0.717) is 11.0 Å². The molecule has 3 aromatic rings. The fraction of sp³-hybridized carbons (Fsp3) is 0.0714. The molecule has 0 spiro atoms. The zero-order chi connectivity index (χ0) is 13.3. The van der Waals surface area contributed by atoms with Crippen LogP contribution in [0.25, 0.3) is 11.0 Å². The van der Waals surface area contributed by atoms with Crippen LogP contribution in [0.4, 0.5) is 0 Å². The van der Waals surface area contributed by atoms with Gasteiger partial charge < -0.3 is 0 Å². The van der Waals surface area contributed by atoms with Gasteiger partial charge >= 0.3 is 0 Å². The molecule has 0 bridgehead atoms. The highest BCUT2D eigenvalue weighted by Gasteiger charge is 2.16. The zero-order valence-corrected chi connectivity index (χ0v) is 10.9. The van der Waals surface area contributed by atoms with Gasteiger partial charge in [0.05, 0.1) is 16.8 Å². The van der Waals surface area contributed by atoms with E-state index in [1.807, 2.05) is 24.3 Å². The average molecular weight is 272 g/mol. The van der Waals surface area contributed by atoms with Crippen LogP contribution in [0.15, 0.2) is 60.9 Å². The fourth-order valence-corrected chi connectivity index (χ4v) is 3.41. The van der Waals surface area contributed by atoms with Gasteiger partial charge in [0.25, 0.3) is 0 Å². The van der Waals surface area contributed by atoms with Crippen molar-refractivity contribution in [3.8, 4) is 0 Å². The maximum Gasteiger partial charge on any atom is 0.244 e. The first kappa shape index (κ1) is 11.9. The molecule has 0 unspecified atom stereocenters. The maximum absolute atomic E-state index is 12.4. The van der Waals surface area contributed by atoms with Crippen LogP contribution >= 0.6 is 0 Å². The standard InChI is InChI=1S/C14H12N2O2S/c17-19(18,10-12-6-2-1-3-7-12)16-11-15-13-8-4-5-9-14(13)16/h1-9,11H,10H2. The molecule has 1 aromatic heterocycles. The first-order valence-corrected chi connectivity index (χ1v) is 7.47. The Balaban J connectivity index is 2.05. The lowest BCUT2D eigenvalue weighted by Crippen LogP contribution is -2.13. The molecule has 0 atom stereocenters. The highest BCUT2D eigenvalue weighted by molar-refractivity contribution is 7.89. The van der Waals surface area contributed by atoms with Gasteiger partial charge in [-0.15, -0.1) is 0 Å². The summed E-state index contributed by atoms with van der Waals surface area (Å²) in [6.07, 6.45) is 1.36. The molecule has 1 heterocycles. The van der Waals surface area contributed by atoms with Crippen LogP contribution < -0.4 is 0 Å². The van der Waals surface area contributed by atoms with E-state index in [0.717, 1.165) is 5.56 Å². The number of benzene rings is 2. The molecule has 0 aliphatic rings. The SMILES string of the molecule is O=S(=O)(Cc1ccccc1)n1cnc2ccccc21. The summed E-state index contributed by atoms with van der Waals surface area (Å²) in [5.74, 6) is -0.0335. The topological polar surface area (TPSA) is 52.0 Å². The van der Waals surface area contributed by atoms with E-state index in [2.05, 4.69) is 4.98 Å². The molecule has 0 aliphatic heterocycles. The van der Waals surface area contributed by atoms with Gasteiger partial charge in [0.2, 0.25) is 10.0 Å². The van der Waals surface area contributed by atoms with Gasteiger partial charge in [-0.3, -0.25) is 0 Å². The second kappa shape index (κ2) is 4.51. The van der Waals surface area contributed by atoms with Crippen LogP contribution in [-0.2, 0) is 15.8 Å². The number of fused-ring (bicyclic) bond motifs is 1. The van der Waals surface area contributed by atoms with Crippen molar-refractivity contribution >= 4 is 21.1 Å². The van der Waals surface area contributed by atoms with Crippen molar-refractivity contribution in [2.75, 3.05) is 0 Å². The lowest BCUT2D eigenvalue weighted by Gasteiger charge is -2.06. The number of nitrogens with zero attached hydrogens (tertiary/aromatic N) is 2. The van der Waals surface area contributed by atoms with Crippen molar-refractivity contribution in [3.63, 3.8) is 0 Å². The van der Waals surface area contributed by atoms with Crippen molar-refractivity contribution in [3.05, 3.63) is 66.5 Å². The Hall–Kier alpha value is -2.14. The molecular weight excluding hydrogens is 260 g/mol. The van der Waals surface area contributed by atoms with Crippen LogP contribution in [0.5, 0.6) is 0 Å². The summed E-state index contributed by atoms with van der Waals surface area (Å²) < 4.78 is 26.0. The second-order valence-corrected chi connectivity index (χ2v) is 6.12. The average Bonchev–Trinajstić information content (AvgIpc) is 2.84. The van der Waals surface area contributed by atoms with Gasteiger partial charge in [-0.2, -0.15) is 0 Å². The van der Waals surface area contributed by atoms with Gasteiger partial charge in [0.15, 0.2) is 0 Å². The minimum Gasteiger partial charge on any atom is -0.236 e. The van der Waals surface area contributed by atoms with E-state index in [9.17, 15) is 8.42 Å². The van der Waals surface area contributed by atoms with Crippen LogP contribution in [0.3, 0.4) is 0 Å². The number of hydrogen-bond donors (Lipinski definition) is 0. The largest absolute Gasteiger partial charge is 0.244 e. The summed E-state index contributed by atoms with van der Waals surface area (Å²) >= 11 is 0. The molecule has 19 heavy (non-hydrogen) atoms. The lowest BCUT2D eigenvalue weighted by atomic mass is 10.2. The fourth-order valence-electron chi connectivity index (χ4n) is 2.01. The van der Waals surface area contributed by atoms with Crippen LogP contribution in [-0.4, -0.2) is 17.4 Å².